The molecule has 0 amide bonds. The number of carbonyl (C=O) groups is 1. The molecule has 10 heteroatoms. The van der Waals surface area contributed by atoms with E-state index in [1.54, 1.807) is 30.0 Å². The second-order valence-corrected chi connectivity index (χ2v) is 6.63. The number of hydrogen-bond acceptors (Lipinski definition) is 7. The standard InChI is InChI=1S/C17H17ClN4O5/c1-10-8-12(2-3-13(10)18)27-16-14(22(25)26)15(19-9-20-16)21-6-4-11(5-7-21)17(23)24/h2-3,8-9,11H,4-7H2,1H3,(H,23,24). The average molecular weight is 393 g/mol. The molecule has 142 valence electrons. The van der Waals surface area contributed by atoms with Crippen molar-refractivity contribution < 1.29 is 19.6 Å². The number of aryl methyl sites for hydroxylation is 1. The number of benzene rings is 1. The first kappa shape index (κ1) is 18.8. The van der Waals surface area contributed by atoms with E-state index in [1.807, 2.05) is 0 Å². The summed E-state index contributed by atoms with van der Waals surface area (Å²) < 4.78 is 5.63. The second-order valence-electron chi connectivity index (χ2n) is 6.22. The van der Waals surface area contributed by atoms with Crippen molar-refractivity contribution >= 4 is 29.1 Å². The van der Waals surface area contributed by atoms with Gasteiger partial charge < -0.3 is 14.7 Å². The lowest BCUT2D eigenvalue weighted by atomic mass is 9.97. The first-order valence-electron chi connectivity index (χ1n) is 8.28. The van der Waals surface area contributed by atoms with E-state index in [0.717, 1.165) is 5.56 Å². The molecule has 0 saturated carbocycles. The number of hydrogen-bond donors (Lipinski definition) is 1. The Bertz CT molecular complexity index is 884. The number of carboxylic acid groups (broad SMARTS) is 1. The number of rotatable bonds is 5. The molecule has 0 spiro atoms. The largest absolute Gasteiger partial charge is 0.481 e. The van der Waals surface area contributed by atoms with E-state index in [-0.39, 0.29) is 17.4 Å². The normalized spacial score (nSPS) is 14.8. The van der Waals surface area contributed by atoms with E-state index in [2.05, 4.69) is 9.97 Å². The molecule has 1 fully saturated rings. The summed E-state index contributed by atoms with van der Waals surface area (Å²) in [7, 11) is 0. The number of nitrogens with zero attached hydrogens (tertiary/aromatic N) is 4. The minimum atomic E-state index is -0.853. The highest BCUT2D eigenvalue weighted by atomic mass is 35.5. The number of aromatic nitrogens is 2. The van der Waals surface area contributed by atoms with E-state index < -0.39 is 16.8 Å². The predicted octanol–water partition coefficient (Wildman–Crippen LogP) is 3.44. The van der Waals surface area contributed by atoms with E-state index in [0.29, 0.717) is 36.7 Å². The summed E-state index contributed by atoms with van der Waals surface area (Å²) in [5.74, 6) is -0.982. The van der Waals surface area contributed by atoms with Gasteiger partial charge in [-0.05, 0) is 43.5 Å². The third-order valence-corrected chi connectivity index (χ3v) is 4.86. The van der Waals surface area contributed by atoms with Gasteiger partial charge in [0.15, 0.2) is 0 Å². The smallest absolute Gasteiger partial charge is 0.373 e. The Labute approximate surface area is 159 Å². The Morgan fingerprint density at radius 2 is 2.07 bits per heavy atom. The molecule has 1 N–H and O–H groups in total. The van der Waals surface area contributed by atoms with Gasteiger partial charge in [0, 0.05) is 18.1 Å². The van der Waals surface area contributed by atoms with Gasteiger partial charge in [-0.2, -0.15) is 4.98 Å². The maximum atomic E-state index is 11.7. The quantitative estimate of drug-likeness (QED) is 0.607. The van der Waals surface area contributed by atoms with E-state index >= 15 is 0 Å². The molecule has 0 bridgehead atoms. The molecule has 1 aromatic heterocycles. The molecule has 1 aliphatic heterocycles. The zero-order valence-electron chi connectivity index (χ0n) is 14.5. The van der Waals surface area contributed by atoms with Crippen LogP contribution in [0.25, 0.3) is 0 Å². The predicted molar refractivity (Wildman–Crippen MR) is 97.5 cm³/mol. The van der Waals surface area contributed by atoms with Crippen molar-refractivity contribution in [3.05, 3.63) is 45.2 Å². The van der Waals surface area contributed by atoms with Crippen LogP contribution in [-0.4, -0.2) is 39.1 Å². The number of piperidine rings is 1. The van der Waals surface area contributed by atoms with Gasteiger partial charge >= 0.3 is 17.5 Å². The van der Waals surface area contributed by atoms with Crippen LogP contribution in [0.2, 0.25) is 5.02 Å². The molecule has 0 atom stereocenters. The van der Waals surface area contributed by atoms with Crippen molar-refractivity contribution in [2.45, 2.75) is 19.8 Å². The number of aliphatic carboxylic acids is 1. The summed E-state index contributed by atoms with van der Waals surface area (Å²) in [5.41, 5.74) is 0.417. The molecule has 3 rings (SSSR count). The maximum Gasteiger partial charge on any atom is 0.373 e. The highest BCUT2D eigenvalue weighted by molar-refractivity contribution is 6.31. The Morgan fingerprint density at radius 1 is 1.37 bits per heavy atom. The third-order valence-electron chi connectivity index (χ3n) is 4.44. The van der Waals surface area contributed by atoms with Crippen LogP contribution in [0.5, 0.6) is 11.6 Å². The lowest BCUT2D eigenvalue weighted by Crippen LogP contribution is -2.37. The van der Waals surface area contributed by atoms with Crippen molar-refractivity contribution in [3.63, 3.8) is 0 Å². The molecular formula is C17H17ClN4O5. The molecule has 9 nitrogen and oxygen atoms in total. The lowest BCUT2D eigenvalue weighted by molar-refractivity contribution is -0.385. The Hall–Kier alpha value is -2.94. The average Bonchev–Trinajstić information content (AvgIpc) is 2.64. The summed E-state index contributed by atoms with van der Waals surface area (Å²) in [6, 6.07) is 4.89. The number of carboxylic acids is 1. The molecule has 1 aromatic carbocycles. The Kier molecular flexibility index (Phi) is 5.41. The monoisotopic (exact) mass is 392 g/mol. The zero-order valence-corrected chi connectivity index (χ0v) is 15.2. The van der Waals surface area contributed by atoms with Gasteiger partial charge in [0.1, 0.15) is 12.1 Å². The summed E-state index contributed by atoms with van der Waals surface area (Å²) in [5, 5.41) is 21.3. The lowest BCUT2D eigenvalue weighted by Gasteiger charge is -2.30. The van der Waals surface area contributed by atoms with Crippen LogP contribution in [0.4, 0.5) is 11.5 Å². The summed E-state index contributed by atoms with van der Waals surface area (Å²) >= 11 is 5.99. The van der Waals surface area contributed by atoms with Crippen LogP contribution < -0.4 is 9.64 Å². The second kappa shape index (κ2) is 7.75. The SMILES string of the molecule is Cc1cc(Oc2ncnc(N3CCC(C(=O)O)CC3)c2[N+](=O)[O-])ccc1Cl. The Morgan fingerprint density at radius 3 is 2.67 bits per heavy atom. The van der Waals surface area contributed by atoms with Crippen molar-refractivity contribution in [2.75, 3.05) is 18.0 Å². The third kappa shape index (κ3) is 4.08. The van der Waals surface area contributed by atoms with Crippen LogP contribution in [0.3, 0.4) is 0 Å². The highest BCUT2D eigenvalue weighted by Gasteiger charge is 2.32. The van der Waals surface area contributed by atoms with Crippen LogP contribution in [0, 0.1) is 23.0 Å². The molecule has 0 unspecified atom stereocenters. The highest BCUT2D eigenvalue weighted by Crippen LogP contribution is 2.38. The molecule has 2 heterocycles. The molecule has 1 saturated heterocycles. The molecule has 2 aromatic rings. The van der Waals surface area contributed by atoms with Gasteiger partial charge in [-0.1, -0.05) is 11.6 Å². The van der Waals surface area contributed by atoms with Gasteiger partial charge in [-0.3, -0.25) is 14.9 Å². The van der Waals surface area contributed by atoms with E-state index in [9.17, 15) is 14.9 Å². The van der Waals surface area contributed by atoms with Crippen molar-refractivity contribution in [3.8, 4) is 11.6 Å². The minimum absolute atomic E-state index is 0.125. The van der Waals surface area contributed by atoms with Gasteiger partial charge in [-0.25, -0.2) is 4.98 Å². The van der Waals surface area contributed by atoms with Crippen LogP contribution in [0.15, 0.2) is 24.5 Å². The number of ether oxygens (including phenoxy) is 1. The Balaban J connectivity index is 1.90. The number of anilines is 1. The van der Waals surface area contributed by atoms with Crippen LogP contribution in [0.1, 0.15) is 18.4 Å². The van der Waals surface area contributed by atoms with E-state index in [1.165, 1.54) is 6.33 Å². The fraction of sp³-hybridized carbons (Fsp3) is 0.353. The molecule has 1 aliphatic rings. The van der Waals surface area contributed by atoms with Gasteiger partial charge in [0.2, 0.25) is 5.82 Å². The summed E-state index contributed by atoms with van der Waals surface area (Å²) in [4.78, 5) is 31.8. The van der Waals surface area contributed by atoms with Crippen LogP contribution >= 0.6 is 11.6 Å². The summed E-state index contributed by atoms with van der Waals surface area (Å²) in [6.45, 7) is 2.50. The van der Waals surface area contributed by atoms with E-state index in [4.69, 9.17) is 21.4 Å². The molecule has 0 radical (unpaired) electrons. The fourth-order valence-corrected chi connectivity index (χ4v) is 3.07. The fourth-order valence-electron chi connectivity index (χ4n) is 2.95. The van der Waals surface area contributed by atoms with Gasteiger partial charge in [0.05, 0.1) is 10.8 Å². The molecule has 27 heavy (non-hydrogen) atoms. The van der Waals surface area contributed by atoms with Gasteiger partial charge in [0.25, 0.3) is 0 Å². The first-order valence-corrected chi connectivity index (χ1v) is 8.65. The zero-order chi connectivity index (χ0) is 19.6. The van der Waals surface area contributed by atoms with Crippen molar-refractivity contribution in [1.29, 1.82) is 0 Å². The first-order chi connectivity index (χ1) is 12.9. The van der Waals surface area contributed by atoms with Gasteiger partial charge in [-0.15, -0.1) is 0 Å². The topological polar surface area (TPSA) is 119 Å². The number of nitro groups is 1. The molecular weight excluding hydrogens is 376 g/mol. The van der Waals surface area contributed by atoms with Crippen molar-refractivity contribution in [1.82, 2.24) is 9.97 Å². The minimum Gasteiger partial charge on any atom is -0.481 e. The summed E-state index contributed by atoms with van der Waals surface area (Å²) in [6.07, 6.45) is 1.98. The van der Waals surface area contributed by atoms with Crippen LogP contribution in [-0.2, 0) is 4.79 Å². The molecule has 0 aliphatic carbocycles. The maximum absolute atomic E-state index is 11.7. The van der Waals surface area contributed by atoms with Crippen molar-refractivity contribution in [2.24, 2.45) is 5.92 Å². The number of halogens is 1.